The van der Waals surface area contributed by atoms with E-state index in [1.165, 1.54) is 21.6 Å². The van der Waals surface area contributed by atoms with Crippen LogP contribution in [-0.4, -0.2) is 20.4 Å². The molecule has 3 aromatic rings. The van der Waals surface area contributed by atoms with Crippen LogP contribution in [0.2, 0.25) is 0 Å². The Labute approximate surface area is 170 Å². The molecule has 0 saturated carbocycles. The van der Waals surface area contributed by atoms with E-state index in [0.717, 1.165) is 41.6 Å². The zero-order valence-corrected chi connectivity index (χ0v) is 16.5. The zero-order chi connectivity index (χ0) is 20.5. The van der Waals surface area contributed by atoms with Gasteiger partial charge in [0.1, 0.15) is 10.7 Å². The van der Waals surface area contributed by atoms with Gasteiger partial charge in [0.15, 0.2) is 0 Å². The molecule has 0 fully saturated rings. The number of nitro groups is 1. The first kappa shape index (κ1) is 19.3. The van der Waals surface area contributed by atoms with E-state index in [1.807, 2.05) is 0 Å². The Morgan fingerprint density at radius 1 is 1.24 bits per heavy atom. The second kappa shape index (κ2) is 7.75. The van der Waals surface area contributed by atoms with Crippen LogP contribution >= 0.6 is 11.3 Å². The number of nitrogens with zero attached hydrogens (tertiary/aromatic N) is 3. The number of fused-ring (bicyclic) bond motifs is 3. The number of carbonyl (C=O) groups is 1. The number of nitrogens with two attached hydrogens (primary N) is 1. The Balaban J connectivity index is 1.80. The van der Waals surface area contributed by atoms with Crippen molar-refractivity contribution in [2.75, 3.05) is 0 Å². The maximum absolute atomic E-state index is 13.3. The normalized spacial score (nSPS) is 13.4. The number of benzene rings is 1. The number of primary amides is 1. The van der Waals surface area contributed by atoms with Crippen LogP contribution in [0.15, 0.2) is 29.1 Å². The van der Waals surface area contributed by atoms with Gasteiger partial charge in [-0.25, -0.2) is 4.98 Å². The van der Waals surface area contributed by atoms with E-state index in [4.69, 9.17) is 10.7 Å². The summed E-state index contributed by atoms with van der Waals surface area (Å²) in [5.74, 6) is 0.0573. The van der Waals surface area contributed by atoms with Crippen molar-refractivity contribution in [1.82, 2.24) is 9.55 Å². The molecule has 29 heavy (non-hydrogen) atoms. The molecule has 0 unspecified atom stereocenters. The predicted molar refractivity (Wildman–Crippen MR) is 110 cm³/mol. The van der Waals surface area contributed by atoms with E-state index >= 15 is 0 Å². The first-order valence-electron chi connectivity index (χ1n) is 9.49. The average Bonchev–Trinajstić information content (AvgIpc) is 3.06. The van der Waals surface area contributed by atoms with Crippen LogP contribution in [0.25, 0.3) is 10.2 Å². The molecule has 1 aliphatic rings. The maximum Gasteiger partial charge on any atom is 0.269 e. The van der Waals surface area contributed by atoms with E-state index < -0.39 is 10.8 Å². The minimum absolute atomic E-state index is 0.00853. The van der Waals surface area contributed by atoms with Gasteiger partial charge in [0.2, 0.25) is 5.91 Å². The maximum atomic E-state index is 13.3. The van der Waals surface area contributed by atoms with Gasteiger partial charge in [0.05, 0.1) is 10.3 Å². The first-order chi connectivity index (χ1) is 13.9. The summed E-state index contributed by atoms with van der Waals surface area (Å²) in [7, 11) is 0. The average molecular weight is 412 g/mol. The Bertz CT molecular complexity index is 1160. The van der Waals surface area contributed by atoms with Crippen molar-refractivity contribution in [3.8, 4) is 0 Å². The Hall–Kier alpha value is -3.07. The van der Waals surface area contributed by atoms with Gasteiger partial charge in [0.25, 0.3) is 11.2 Å². The number of aryl methyl sites for hydroxylation is 2. The van der Waals surface area contributed by atoms with Gasteiger partial charge in [0, 0.05) is 36.4 Å². The number of carbonyl (C=O) groups excluding carboxylic acids is 1. The fourth-order valence-corrected chi connectivity index (χ4v) is 5.06. The molecule has 0 spiro atoms. The smallest absolute Gasteiger partial charge is 0.269 e. The first-order valence-corrected chi connectivity index (χ1v) is 10.3. The highest BCUT2D eigenvalue weighted by Crippen LogP contribution is 2.34. The van der Waals surface area contributed by atoms with Crippen LogP contribution in [0.3, 0.4) is 0 Å². The molecule has 1 aromatic carbocycles. The van der Waals surface area contributed by atoms with Crippen LogP contribution in [0.5, 0.6) is 0 Å². The molecule has 150 valence electrons. The zero-order valence-electron chi connectivity index (χ0n) is 15.7. The highest BCUT2D eigenvalue weighted by atomic mass is 32.1. The third-order valence-electron chi connectivity index (χ3n) is 5.25. The van der Waals surface area contributed by atoms with Crippen molar-refractivity contribution in [3.63, 3.8) is 0 Å². The topological polar surface area (TPSA) is 121 Å². The third kappa shape index (κ3) is 3.77. The van der Waals surface area contributed by atoms with Gasteiger partial charge in [-0.2, -0.15) is 0 Å². The summed E-state index contributed by atoms with van der Waals surface area (Å²) >= 11 is 1.57. The molecule has 1 aliphatic carbocycles. The second-order valence-electron chi connectivity index (χ2n) is 7.19. The number of hydrogen-bond donors (Lipinski definition) is 1. The summed E-state index contributed by atoms with van der Waals surface area (Å²) in [6.45, 7) is 0.171. The number of thiophene rings is 1. The van der Waals surface area contributed by atoms with E-state index in [1.54, 1.807) is 23.5 Å². The molecule has 4 rings (SSSR count). The monoisotopic (exact) mass is 412 g/mol. The van der Waals surface area contributed by atoms with Crippen LogP contribution in [-0.2, 0) is 30.6 Å². The van der Waals surface area contributed by atoms with Gasteiger partial charge in [-0.1, -0.05) is 12.1 Å². The summed E-state index contributed by atoms with van der Waals surface area (Å²) in [6.07, 6.45) is 4.41. The van der Waals surface area contributed by atoms with Crippen molar-refractivity contribution in [1.29, 1.82) is 0 Å². The van der Waals surface area contributed by atoms with Gasteiger partial charge < -0.3 is 5.73 Å². The lowest BCUT2D eigenvalue weighted by atomic mass is 9.97. The number of nitro benzene ring substituents is 1. The molecule has 0 saturated heterocycles. The lowest BCUT2D eigenvalue weighted by molar-refractivity contribution is -0.384. The summed E-state index contributed by atoms with van der Waals surface area (Å²) in [5, 5.41) is 11.5. The molecule has 0 aliphatic heterocycles. The molecule has 2 aromatic heterocycles. The minimum Gasteiger partial charge on any atom is -0.370 e. The SMILES string of the molecule is NC(=O)CCn1c(Cc2ccc([N+](=O)[O-])cc2)nc2sc3c(c2c1=O)CCCC3. The Kier molecular flexibility index (Phi) is 5.14. The van der Waals surface area contributed by atoms with Crippen LogP contribution in [0, 0.1) is 10.1 Å². The highest BCUT2D eigenvalue weighted by Gasteiger charge is 2.22. The molecule has 1 amide bonds. The van der Waals surface area contributed by atoms with Gasteiger partial charge in [-0.05, 0) is 36.8 Å². The number of rotatable bonds is 6. The standard InChI is InChI=1S/C20H20N4O4S/c21-16(25)9-10-23-17(11-12-5-7-13(8-6-12)24(27)28)22-19-18(20(23)26)14-3-1-2-4-15(14)29-19/h5-8H,1-4,9-11H2,(H2,21,25). The molecule has 0 radical (unpaired) electrons. The van der Waals surface area contributed by atoms with Crippen molar-refractivity contribution in [2.24, 2.45) is 5.73 Å². The molecule has 0 atom stereocenters. The van der Waals surface area contributed by atoms with Crippen LogP contribution in [0.1, 0.15) is 41.1 Å². The molecule has 8 nitrogen and oxygen atoms in total. The number of aromatic nitrogens is 2. The fraction of sp³-hybridized carbons (Fsp3) is 0.350. The van der Waals surface area contributed by atoms with E-state index in [0.29, 0.717) is 17.6 Å². The molecular formula is C20H20N4O4S. The minimum atomic E-state index is -0.481. The van der Waals surface area contributed by atoms with Crippen molar-refractivity contribution >= 4 is 33.1 Å². The van der Waals surface area contributed by atoms with Crippen LogP contribution < -0.4 is 11.3 Å². The van der Waals surface area contributed by atoms with Gasteiger partial charge >= 0.3 is 0 Å². The van der Waals surface area contributed by atoms with Crippen molar-refractivity contribution in [2.45, 2.75) is 45.1 Å². The van der Waals surface area contributed by atoms with E-state index in [9.17, 15) is 19.7 Å². The fourth-order valence-electron chi connectivity index (χ4n) is 3.79. The van der Waals surface area contributed by atoms with Crippen molar-refractivity contribution in [3.05, 3.63) is 66.6 Å². The molecule has 0 bridgehead atoms. The van der Waals surface area contributed by atoms with Crippen LogP contribution in [0.4, 0.5) is 5.69 Å². The number of hydrogen-bond acceptors (Lipinski definition) is 6. The summed E-state index contributed by atoms with van der Waals surface area (Å²) in [4.78, 5) is 41.8. The lowest BCUT2D eigenvalue weighted by Crippen LogP contribution is -2.28. The van der Waals surface area contributed by atoms with E-state index in [2.05, 4.69) is 0 Å². The van der Waals surface area contributed by atoms with Crippen molar-refractivity contribution < 1.29 is 9.72 Å². The number of amides is 1. The third-order valence-corrected chi connectivity index (χ3v) is 6.43. The molecule has 2 N–H and O–H groups in total. The number of non-ortho nitro benzene ring substituents is 1. The Morgan fingerprint density at radius 3 is 2.66 bits per heavy atom. The Morgan fingerprint density at radius 2 is 1.97 bits per heavy atom. The van der Waals surface area contributed by atoms with Gasteiger partial charge in [-0.3, -0.25) is 24.3 Å². The quantitative estimate of drug-likeness (QED) is 0.493. The summed E-state index contributed by atoms with van der Waals surface area (Å²) < 4.78 is 1.54. The summed E-state index contributed by atoms with van der Waals surface area (Å²) in [6, 6.07) is 6.19. The molecule has 9 heteroatoms. The molecule has 2 heterocycles. The second-order valence-corrected chi connectivity index (χ2v) is 8.28. The highest BCUT2D eigenvalue weighted by molar-refractivity contribution is 7.18. The lowest BCUT2D eigenvalue weighted by Gasteiger charge is -2.13. The van der Waals surface area contributed by atoms with Gasteiger partial charge in [-0.15, -0.1) is 11.3 Å². The largest absolute Gasteiger partial charge is 0.370 e. The molecular weight excluding hydrogens is 392 g/mol. The summed E-state index contributed by atoms with van der Waals surface area (Å²) in [5.41, 5.74) is 7.08. The predicted octanol–water partition coefficient (Wildman–Crippen LogP) is 2.71. The van der Waals surface area contributed by atoms with E-state index in [-0.39, 0.29) is 24.2 Å².